The molecule has 3 N–H and O–H groups in total. The molecule has 1 fully saturated rings. The van der Waals surface area contributed by atoms with E-state index in [9.17, 15) is 4.79 Å². The lowest BCUT2D eigenvalue weighted by Crippen LogP contribution is -2.44. The number of hydrogen-bond acceptors (Lipinski definition) is 6. The molecule has 0 saturated heterocycles. The number of carbonyl (C=O) groups is 1. The Labute approximate surface area is 144 Å². The largest absolute Gasteiger partial charge is 0.459 e. The van der Waals surface area contributed by atoms with Crippen molar-refractivity contribution in [1.29, 1.82) is 0 Å². The van der Waals surface area contributed by atoms with Crippen LogP contribution in [-0.2, 0) is 5.54 Å². The molecular formula is C18H18N4O3. The van der Waals surface area contributed by atoms with Crippen molar-refractivity contribution in [1.82, 2.24) is 10.1 Å². The highest BCUT2D eigenvalue weighted by Gasteiger charge is 2.39. The van der Waals surface area contributed by atoms with Gasteiger partial charge in [0.2, 0.25) is 0 Å². The Morgan fingerprint density at radius 3 is 2.84 bits per heavy atom. The van der Waals surface area contributed by atoms with E-state index < -0.39 is 5.54 Å². The number of aryl methyl sites for hydroxylation is 1. The molecule has 128 valence electrons. The minimum atomic E-state index is -0.469. The number of anilines is 1. The van der Waals surface area contributed by atoms with E-state index in [4.69, 9.17) is 14.7 Å². The Kier molecular flexibility index (Phi) is 3.65. The summed E-state index contributed by atoms with van der Waals surface area (Å²) in [4.78, 5) is 16.6. The molecule has 1 saturated carbocycles. The summed E-state index contributed by atoms with van der Waals surface area (Å²) in [6.07, 6.45) is 4.27. The minimum absolute atomic E-state index is 0.250. The van der Waals surface area contributed by atoms with Gasteiger partial charge in [-0.25, -0.2) is 0 Å². The maximum absolute atomic E-state index is 12.2. The molecule has 1 amide bonds. The summed E-state index contributed by atoms with van der Waals surface area (Å²) in [6.45, 7) is 1.91. The first-order chi connectivity index (χ1) is 12.0. The fourth-order valence-corrected chi connectivity index (χ4v) is 2.81. The predicted molar refractivity (Wildman–Crippen MR) is 90.8 cm³/mol. The molecule has 25 heavy (non-hydrogen) atoms. The summed E-state index contributed by atoms with van der Waals surface area (Å²) in [5.41, 5.74) is 8.06. The van der Waals surface area contributed by atoms with Gasteiger partial charge in [-0.05, 0) is 56.0 Å². The van der Waals surface area contributed by atoms with Gasteiger partial charge in [0.15, 0.2) is 11.6 Å². The first-order valence-electron chi connectivity index (χ1n) is 8.14. The molecule has 1 aromatic carbocycles. The molecule has 2 heterocycles. The van der Waals surface area contributed by atoms with Crippen LogP contribution in [0.4, 0.5) is 5.69 Å². The van der Waals surface area contributed by atoms with Crippen LogP contribution in [0.15, 0.2) is 45.5 Å². The second-order valence-corrected chi connectivity index (χ2v) is 6.39. The van der Waals surface area contributed by atoms with E-state index in [1.807, 2.05) is 19.1 Å². The number of amides is 1. The molecule has 3 aromatic rings. The van der Waals surface area contributed by atoms with Crippen LogP contribution in [0.1, 0.15) is 41.2 Å². The second-order valence-electron chi connectivity index (χ2n) is 6.39. The third kappa shape index (κ3) is 2.83. The third-order valence-electron chi connectivity index (χ3n) is 4.59. The summed E-state index contributed by atoms with van der Waals surface area (Å²) in [7, 11) is 0. The van der Waals surface area contributed by atoms with Gasteiger partial charge in [0.1, 0.15) is 0 Å². The van der Waals surface area contributed by atoms with Gasteiger partial charge in [0.05, 0.1) is 11.8 Å². The molecule has 1 aliphatic rings. The van der Waals surface area contributed by atoms with Crippen molar-refractivity contribution < 1.29 is 13.7 Å². The van der Waals surface area contributed by atoms with Crippen molar-refractivity contribution in [3.05, 3.63) is 53.7 Å². The standard InChI is InChI=1S/C18H18N4O3/c1-11-5-6-12(10-13(11)20-15(23)14-4-2-9-24-14)16-21-17(22-25-16)18(19)7-3-8-18/h2,4-6,9-10H,3,7-8,19H2,1H3,(H,20,23). The number of aromatic nitrogens is 2. The first kappa shape index (κ1) is 15.6. The maximum atomic E-state index is 12.2. The average Bonchev–Trinajstić information content (AvgIpc) is 3.26. The van der Waals surface area contributed by atoms with Crippen LogP contribution in [0, 0.1) is 6.92 Å². The van der Waals surface area contributed by atoms with Crippen molar-refractivity contribution in [2.45, 2.75) is 31.7 Å². The normalized spacial score (nSPS) is 15.6. The molecule has 7 nitrogen and oxygen atoms in total. The van der Waals surface area contributed by atoms with Gasteiger partial charge >= 0.3 is 0 Å². The summed E-state index contributed by atoms with van der Waals surface area (Å²) < 4.78 is 10.5. The fourth-order valence-electron chi connectivity index (χ4n) is 2.81. The lowest BCUT2D eigenvalue weighted by Gasteiger charge is -2.34. The number of nitrogens with two attached hydrogens (primary N) is 1. The highest BCUT2D eigenvalue weighted by Crippen LogP contribution is 2.37. The van der Waals surface area contributed by atoms with Crippen molar-refractivity contribution in [2.75, 3.05) is 5.32 Å². The summed E-state index contributed by atoms with van der Waals surface area (Å²) in [6, 6.07) is 8.84. The topological polar surface area (TPSA) is 107 Å². The van der Waals surface area contributed by atoms with Gasteiger partial charge in [-0.1, -0.05) is 11.2 Å². The number of benzene rings is 1. The second kappa shape index (κ2) is 5.86. The van der Waals surface area contributed by atoms with Crippen LogP contribution >= 0.6 is 0 Å². The maximum Gasteiger partial charge on any atom is 0.291 e. The highest BCUT2D eigenvalue weighted by atomic mass is 16.5. The van der Waals surface area contributed by atoms with Crippen LogP contribution in [0.2, 0.25) is 0 Å². The third-order valence-corrected chi connectivity index (χ3v) is 4.59. The van der Waals surface area contributed by atoms with E-state index >= 15 is 0 Å². The Bertz CT molecular complexity index is 910. The molecular weight excluding hydrogens is 320 g/mol. The van der Waals surface area contributed by atoms with E-state index in [0.29, 0.717) is 17.4 Å². The van der Waals surface area contributed by atoms with Gasteiger partial charge < -0.3 is 20.0 Å². The van der Waals surface area contributed by atoms with Crippen molar-refractivity contribution in [2.24, 2.45) is 5.73 Å². The molecule has 0 bridgehead atoms. The number of nitrogens with one attached hydrogen (secondary N) is 1. The number of rotatable bonds is 4. The molecule has 0 spiro atoms. The predicted octanol–water partition coefficient (Wildman–Crippen LogP) is 3.23. The van der Waals surface area contributed by atoms with Gasteiger partial charge in [-0.15, -0.1) is 0 Å². The summed E-state index contributed by atoms with van der Waals surface area (Å²) in [5, 5.41) is 6.86. The van der Waals surface area contributed by atoms with Crippen LogP contribution in [0.5, 0.6) is 0 Å². The zero-order valence-electron chi connectivity index (χ0n) is 13.8. The smallest absolute Gasteiger partial charge is 0.291 e. The molecule has 7 heteroatoms. The first-order valence-corrected chi connectivity index (χ1v) is 8.14. The molecule has 0 radical (unpaired) electrons. The van der Waals surface area contributed by atoms with Gasteiger partial charge in [0.25, 0.3) is 11.8 Å². The lowest BCUT2D eigenvalue weighted by atomic mass is 9.77. The zero-order valence-corrected chi connectivity index (χ0v) is 13.8. The number of nitrogens with zero attached hydrogens (tertiary/aromatic N) is 2. The Balaban J connectivity index is 1.60. The van der Waals surface area contributed by atoms with Crippen LogP contribution in [-0.4, -0.2) is 16.0 Å². The van der Waals surface area contributed by atoms with Crippen molar-refractivity contribution in [3.8, 4) is 11.5 Å². The molecule has 0 aliphatic heterocycles. The van der Waals surface area contributed by atoms with E-state index in [-0.39, 0.29) is 11.7 Å². The van der Waals surface area contributed by atoms with E-state index in [0.717, 1.165) is 30.4 Å². The van der Waals surface area contributed by atoms with Gasteiger partial charge in [-0.3, -0.25) is 4.79 Å². The number of carbonyl (C=O) groups excluding carboxylic acids is 1. The number of hydrogen-bond donors (Lipinski definition) is 2. The van der Waals surface area contributed by atoms with Crippen LogP contribution in [0.25, 0.3) is 11.5 Å². The Morgan fingerprint density at radius 2 is 2.16 bits per heavy atom. The highest BCUT2D eigenvalue weighted by molar-refractivity contribution is 6.02. The van der Waals surface area contributed by atoms with Gasteiger partial charge in [0, 0.05) is 11.3 Å². The fraction of sp³-hybridized carbons (Fsp3) is 0.278. The quantitative estimate of drug-likeness (QED) is 0.756. The Hall–Kier alpha value is -2.93. The van der Waals surface area contributed by atoms with Crippen LogP contribution in [0.3, 0.4) is 0 Å². The summed E-state index contributed by atoms with van der Waals surface area (Å²) >= 11 is 0. The molecule has 2 aromatic heterocycles. The molecule has 4 rings (SSSR count). The monoisotopic (exact) mass is 338 g/mol. The average molecular weight is 338 g/mol. The number of furan rings is 1. The van der Waals surface area contributed by atoms with Gasteiger partial charge in [-0.2, -0.15) is 4.98 Å². The zero-order chi connectivity index (χ0) is 17.4. The lowest BCUT2D eigenvalue weighted by molar-refractivity contribution is 0.0996. The van der Waals surface area contributed by atoms with Crippen LogP contribution < -0.4 is 11.1 Å². The molecule has 0 atom stereocenters. The summed E-state index contributed by atoms with van der Waals surface area (Å²) in [5.74, 6) is 0.863. The Morgan fingerprint density at radius 1 is 1.32 bits per heavy atom. The van der Waals surface area contributed by atoms with E-state index in [1.165, 1.54) is 6.26 Å². The SMILES string of the molecule is Cc1ccc(-c2nc(C3(N)CCC3)no2)cc1NC(=O)c1ccco1. The van der Waals surface area contributed by atoms with E-state index in [1.54, 1.807) is 18.2 Å². The van der Waals surface area contributed by atoms with E-state index in [2.05, 4.69) is 15.5 Å². The van der Waals surface area contributed by atoms with Crippen molar-refractivity contribution >= 4 is 11.6 Å². The van der Waals surface area contributed by atoms with Crippen molar-refractivity contribution in [3.63, 3.8) is 0 Å². The molecule has 0 unspecified atom stereocenters. The minimum Gasteiger partial charge on any atom is -0.459 e. The molecule has 1 aliphatic carbocycles.